The summed E-state index contributed by atoms with van der Waals surface area (Å²) in [7, 11) is 0. The molecule has 21 heavy (non-hydrogen) atoms. The minimum atomic E-state index is 0.147. The maximum Gasteiger partial charge on any atom is 0.0674 e. The van der Waals surface area contributed by atoms with Crippen LogP contribution in [0.25, 0.3) is 0 Å². The monoisotopic (exact) mass is 290 g/mol. The van der Waals surface area contributed by atoms with E-state index in [1.165, 1.54) is 11.1 Å². The van der Waals surface area contributed by atoms with Crippen molar-refractivity contribution in [3.8, 4) is 0 Å². The SMILES string of the molecule is CC1CN(Cc2ccccc2CNC(C)(C)C)C(C)CO1. The molecule has 1 N–H and O–H groups in total. The number of nitrogens with one attached hydrogen (secondary N) is 1. The lowest BCUT2D eigenvalue weighted by Crippen LogP contribution is -2.46. The molecule has 0 radical (unpaired) electrons. The van der Waals surface area contributed by atoms with Gasteiger partial charge in [0.2, 0.25) is 0 Å². The van der Waals surface area contributed by atoms with Crippen LogP contribution in [-0.2, 0) is 17.8 Å². The summed E-state index contributed by atoms with van der Waals surface area (Å²) >= 11 is 0. The van der Waals surface area contributed by atoms with Crippen molar-refractivity contribution in [2.24, 2.45) is 0 Å². The van der Waals surface area contributed by atoms with Gasteiger partial charge in [-0.25, -0.2) is 0 Å². The lowest BCUT2D eigenvalue weighted by Gasteiger charge is -2.37. The van der Waals surface area contributed by atoms with Gasteiger partial charge in [0, 0.05) is 31.2 Å². The molecule has 0 aromatic heterocycles. The van der Waals surface area contributed by atoms with Crippen LogP contribution >= 0.6 is 0 Å². The molecule has 118 valence electrons. The maximum absolute atomic E-state index is 5.73. The van der Waals surface area contributed by atoms with E-state index >= 15 is 0 Å². The van der Waals surface area contributed by atoms with E-state index in [4.69, 9.17) is 4.74 Å². The second-order valence-corrected chi connectivity index (χ2v) is 7.29. The number of benzene rings is 1. The van der Waals surface area contributed by atoms with Crippen LogP contribution in [0.3, 0.4) is 0 Å². The largest absolute Gasteiger partial charge is 0.376 e. The Morgan fingerprint density at radius 3 is 2.52 bits per heavy atom. The summed E-state index contributed by atoms with van der Waals surface area (Å²) in [6.45, 7) is 14.8. The van der Waals surface area contributed by atoms with E-state index in [-0.39, 0.29) is 5.54 Å². The number of rotatable bonds is 4. The van der Waals surface area contributed by atoms with E-state index < -0.39 is 0 Å². The molecule has 3 nitrogen and oxygen atoms in total. The summed E-state index contributed by atoms with van der Waals surface area (Å²) in [5.41, 5.74) is 2.97. The Morgan fingerprint density at radius 2 is 1.86 bits per heavy atom. The van der Waals surface area contributed by atoms with Crippen molar-refractivity contribution in [1.29, 1.82) is 0 Å². The first-order valence-corrected chi connectivity index (χ1v) is 8.02. The van der Waals surface area contributed by atoms with Crippen LogP contribution in [0.2, 0.25) is 0 Å². The first-order chi connectivity index (χ1) is 9.85. The average Bonchev–Trinajstić information content (AvgIpc) is 2.41. The van der Waals surface area contributed by atoms with Crippen LogP contribution < -0.4 is 5.32 Å². The summed E-state index contributed by atoms with van der Waals surface area (Å²) in [5.74, 6) is 0. The fourth-order valence-corrected chi connectivity index (χ4v) is 2.66. The van der Waals surface area contributed by atoms with Crippen molar-refractivity contribution < 1.29 is 4.74 Å². The number of hydrogen-bond acceptors (Lipinski definition) is 3. The van der Waals surface area contributed by atoms with Crippen molar-refractivity contribution in [2.45, 2.75) is 65.4 Å². The molecule has 2 atom stereocenters. The molecular formula is C18H30N2O. The van der Waals surface area contributed by atoms with E-state index in [9.17, 15) is 0 Å². The lowest BCUT2D eigenvalue weighted by atomic mass is 10.0. The van der Waals surface area contributed by atoms with E-state index in [0.29, 0.717) is 12.1 Å². The number of morpholine rings is 1. The molecule has 1 aromatic rings. The normalized spacial score (nSPS) is 24.2. The van der Waals surface area contributed by atoms with Gasteiger partial charge in [0.25, 0.3) is 0 Å². The van der Waals surface area contributed by atoms with E-state index in [0.717, 1.165) is 26.2 Å². The predicted molar refractivity (Wildman–Crippen MR) is 88.3 cm³/mol. The molecule has 0 bridgehead atoms. The fraction of sp³-hybridized carbons (Fsp3) is 0.667. The van der Waals surface area contributed by atoms with Gasteiger partial charge in [-0.2, -0.15) is 0 Å². The van der Waals surface area contributed by atoms with Gasteiger partial charge >= 0.3 is 0 Å². The smallest absolute Gasteiger partial charge is 0.0674 e. The second kappa shape index (κ2) is 6.91. The third-order valence-corrected chi connectivity index (χ3v) is 4.04. The van der Waals surface area contributed by atoms with Crippen LogP contribution in [0.15, 0.2) is 24.3 Å². The molecule has 1 fully saturated rings. The molecule has 1 saturated heterocycles. The number of ether oxygens (including phenoxy) is 1. The minimum Gasteiger partial charge on any atom is -0.376 e. The molecule has 2 rings (SSSR count). The first-order valence-electron chi connectivity index (χ1n) is 8.02. The highest BCUT2D eigenvalue weighted by molar-refractivity contribution is 5.27. The molecule has 1 aliphatic rings. The molecular weight excluding hydrogens is 260 g/mol. The summed E-state index contributed by atoms with van der Waals surface area (Å²) in [6.07, 6.45) is 0.334. The zero-order chi connectivity index (χ0) is 15.5. The van der Waals surface area contributed by atoms with Gasteiger partial charge in [-0.3, -0.25) is 4.90 Å². The van der Waals surface area contributed by atoms with Gasteiger partial charge in [0.15, 0.2) is 0 Å². The molecule has 1 heterocycles. The average molecular weight is 290 g/mol. The highest BCUT2D eigenvalue weighted by Gasteiger charge is 2.24. The molecule has 0 amide bonds. The summed E-state index contributed by atoms with van der Waals surface area (Å²) in [5, 5.41) is 3.59. The molecule has 0 saturated carbocycles. The van der Waals surface area contributed by atoms with Gasteiger partial charge in [-0.05, 0) is 45.7 Å². The fourth-order valence-electron chi connectivity index (χ4n) is 2.66. The van der Waals surface area contributed by atoms with Crippen molar-refractivity contribution in [3.05, 3.63) is 35.4 Å². The third kappa shape index (κ3) is 5.10. The van der Waals surface area contributed by atoms with Crippen molar-refractivity contribution >= 4 is 0 Å². The van der Waals surface area contributed by atoms with Crippen molar-refractivity contribution in [2.75, 3.05) is 13.2 Å². The molecule has 1 aliphatic heterocycles. The summed E-state index contributed by atoms with van der Waals surface area (Å²) in [6, 6.07) is 9.26. The van der Waals surface area contributed by atoms with Gasteiger partial charge in [0.05, 0.1) is 12.7 Å². The Hall–Kier alpha value is -0.900. The van der Waals surface area contributed by atoms with Crippen LogP contribution in [-0.4, -0.2) is 35.7 Å². The molecule has 1 aromatic carbocycles. The quantitative estimate of drug-likeness (QED) is 0.921. The van der Waals surface area contributed by atoms with Crippen LogP contribution in [0, 0.1) is 0 Å². The highest BCUT2D eigenvalue weighted by atomic mass is 16.5. The standard InChI is InChI=1S/C18H30N2O/c1-14-13-21-15(2)11-20(14)12-17-9-7-6-8-16(17)10-19-18(3,4)5/h6-9,14-15,19H,10-13H2,1-5H3. The predicted octanol–water partition coefficient (Wildman–Crippen LogP) is 3.18. The first kappa shape index (κ1) is 16.5. The zero-order valence-corrected chi connectivity index (χ0v) is 14.1. The van der Waals surface area contributed by atoms with E-state index in [1.807, 2.05) is 0 Å². The third-order valence-electron chi connectivity index (χ3n) is 4.04. The second-order valence-electron chi connectivity index (χ2n) is 7.29. The number of nitrogens with zero attached hydrogens (tertiary/aromatic N) is 1. The minimum absolute atomic E-state index is 0.147. The van der Waals surface area contributed by atoms with Crippen LogP contribution in [0.1, 0.15) is 45.7 Å². The van der Waals surface area contributed by atoms with Gasteiger partial charge in [-0.15, -0.1) is 0 Å². The van der Waals surface area contributed by atoms with E-state index in [1.54, 1.807) is 0 Å². The Balaban J connectivity index is 2.05. The Kier molecular flexibility index (Phi) is 5.42. The van der Waals surface area contributed by atoms with Crippen molar-refractivity contribution in [3.63, 3.8) is 0 Å². The Morgan fingerprint density at radius 1 is 1.19 bits per heavy atom. The van der Waals surface area contributed by atoms with Crippen LogP contribution in [0.5, 0.6) is 0 Å². The Labute approximate surface area is 129 Å². The van der Waals surface area contributed by atoms with Crippen LogP contribution in [0.4, 0.5) is 0 Å². The highest BCUT2D eigenvalue weighted by Crippen LogP contribution is 2.18. The summed E-state index contributed by atoms with van der Waals surface area (Å²) in [4.78, 5) is 2.53. The van der Waals surface area contributed by atoms with Gasteiger partial charge < -0.3 is 10.1 Å². The van der Waals surface area contributed by atoms with Gasteiger partial charge in [-0.1, -0.05) is 24.3 Å². The molecule has 0 aliphatic carbocycles. The molecule has 2 unspecified atom stereocenters. The lowest BCUT2D eigenvalue weighted by molar-refractivity contribution is -0.0527. The van der Waals surface area contributed by atoms with Gasteiger partial charge in [0.1, 0.15) is 0 Å². The Bertz CT molecular complexity index is 453. The molecule has 0 spiro atoms. The zero-order valence-electron chi connectivity index (χ0n) is 14.1. The number of hydrogen-bond donors (Lipinski definition) is 1. The maximum atomic E-state index is 5.73. The van der Waals surface area contributed by atoms with E-state index in [2.05, 4.69) is 69.1 Å². The molecule has 3 heteroatoms. The van der Waals surface area contributed by atoms with Crippen molar-refractivity contribution in [1.82, 2.24) is 10.2 Å². The topological polar surface area (TPSA) is 24.5 Å². The summed E-state index contributed by atoms with van der Waals surface area (Å²) < 4.78 is 5.73.